The fourth-order valence-corrected chi connectivity index (χ4v) is 2.95. The van der Waals surface area contributed by atoms with Crippen molar-refractivity contribution in [2.45, 2.75) is 26.2 Å². The molecule has 2 amide bonds. The zero-order chi connectivity index (χ0) is 18.7. The van der Waals surface area contributed by atoms with E-state index < -0.39 is 11.8 Å². The fraction of sp³-hybridized carbons (Fsp3) is 0.222. The molecule has 0 unspecified atom stereocenters. The van der Waals surface area contributed by atoms with Crippen molar-refractivity contribution in [1.82, 2.24) is 15.2 Å². The SMILES string of the molecule is CC(C)(C)c1ccc(NC(=O)Nc2nnc(-c3cncc(F)c3)s2)cc1. The van der Waals surface area contributed by atoms with Gasteiger partial charge in [-0.2, -0.15) is 0 Å². The Hall–Kier alpha value is -2.87. The number of halogens is 1. The molecule has 0 radical (unpaired) electrons. The molecule has 0 aliphatic heterocycles. The van der Waals surface area contributed by atoms with E-state index in [9.17, 15) is 9.18 Å². The fourth-order valence-electron chi connectivity index (χ4n) is 2.23. The van der Waals surface area contributed by atoms with Gasteiger partial charge in [-0.3, -0.25) is 10.3 Å². The van der Waals surface area contributed by atoms with Crippen molar-refractivity contribution >= 4 is 28.2 Å². The molecule has 0 saturated carbocycles. The first kappa shape index (κ1) is 17.9. The third kappa shape index (κ3) is 4.40. The summed E-state index contributed by atoms with van der Waals surface area (Å²) in [4.78, 5) is 15.9. The molecule has 3 aromatic rings. The van der Waals surface area contributed by atoms with Crippen LogP contribution in [0.4, 0.5) is 20.0 Å². The molecule has 26 heavy (non-hydrogen) atoms. The zero-order valence-electron chi connectivity index (χ0n) is 14.6. The number of benzene rings is 1. The predicted octanol–water partition coefficient (Wildman–Crippen LogP) is 4.68. The highest BCUT2D eigenvalue weighted by atomic mass is 32.1. The number of nitrogens with one attached hydrogen (secondary N) is 2. The molecule has 0 aliphatic rings. The van der Waals surface area contributed by atoms with Crippen molar-refractivity contribution < 1.29 is 9.18 Å². The number of hydrogen-bond acceptors (Lipinski definition) is 5. The first-order chi connectivity index (χ1) is 12.3. The van der Waals surface area contributed by atoms with Gasteiger partial charge in [0.05, 0.1) is 6.20 Å². The highest BCUT2D eigenvalue weighted by Gasteiger charge is 2.14. The minimum Gasteiger partial charge on any atom is -0.308 e. The summed E-state index contributed by atoms with van der Waals surface area (Å²) >= 11 is 1.14. The highest BCUT2D eigenvalue weighted by Crippen LogP contribution is 2.26. The molecule has 0 atom stereocenters. The van der Waals surface area contributed by atoms with Crippen LogP contribution in [0.25, 0.3) is 10.6 Å². The van der Waals surface area contributed by atoms with E-state index in [1.54, 1.807) is 0 Å². The van der Waals surface area contributed by atoms with Crippen molar-refractivity contribution in [2.75, 3.05) is 10.6 Å². The Kier molecular flexibility index (Phi) is 4.94. The first-order valence-electron chi connectivity index (χ1n) is 7.94. The Bertz CT molecular complexity index is 918. The number of nitrogens with zero attached hydrogens (tertiary/aromatic N) is 3. The lowest BCUT2D eigenvalue weighted by Crippen LogP contribution is -2.19. The summed E-state index contributed by atoms with van der Waals surface area (Å²) in [6.07, 6.45) is 2.60. The average Bonchev–Trinajstić information content (AvgIpc) is 3.03. The number of pyridine rings is 1. The molecule has 0 bridgehead atoms. The number of anilines is 2. The number of carbonyl (C=O) groups excluding carboxylic acids is 1. The van der Waals surface area contributed by atoms with Gasteiger partial charge in [-0.25, -0.2) is 9.18 Å². The molecule has 3 rings (SSSR count). The van der Waals surface area contributed by atoms with Gasteiger partial charge in [0.25, 0.3) is 0 Å². The van der Waals surface area contributed by atoms with Gasteiger partial charge in [0.1, 0.15) is 5.82 Å². The smallest absolute Gasteiger partial charge is 0.308 e. The molecule has 2 aromatic heterocycles. The third-order valence-electron chi connectivity index (χ3n) is 3.61. The zero-order valence-corrected chi connectivity index (χ0v) is 15.4. The van der Waals surface area contributed by atoms with Gasteiger partial charge in [-0.1, -0.05) is 44.2 Å². The molecule has 0 fully saturated rings. The molecule has 6 nitrogen and oxygen atoms in total. The Balaban J connectivity index is 1.64. The number of carbonyl (C=O) groups is 1. The van der Waals surface area contributed by atoms with Gasteiger partial charge < -0.3 is 5.32 Å². The second kappa shape index (κ2) is 7.17. The summed E-state index contributed by atoms with van der Waals surface area (Å²) in [5, 5.41) is 14.0. The van der Waals surface area contributed by atoms with Gasteiger partial charge in [0, 0.05) is 17.4 Å². The minimum absolute atomic E-state index is 0.0511. The maximum Gasteiger partial charge on any atom is 0.325 e. The van der Waals surface area contributed by atoms with E-state index in [1.807, 2.05) is 24.3 Å². The monoisotopic (exact) mass is 371 g/mol. The minimum atomic E-state index is -0.455. The van der Waals surface area contributed by atoms with Crippen LogP contribution in [-0.4, -0.2) is 21.2 Å². The molecule has 8 heteroatoms. The lowest BCUT2D eigenvalue weighted by molar-refractivity contribution is 0.262. The van der Waals surface area contributed by atoms with Gasteiger partial charge >= 0.3 is 6.03 Å². The topological polar surface area (TPSA) is 79.8 Å². The predicted molar refractivity (Wildman–Crippen MR) is 101 cm³/mol. The van der Waals surface area contributed by atoms with Crippen molar-refractivity contribution in [1.29, 1.82) is 0 Å². The van der Waals surface area contributed by atoms with E-state index in [4.69, 9.17) is 0 Å². The largest absolute Gasteiger partial charge is 0.325 e. The Labute approximate surface area is 154 Å². The molecule has 0 spiro atoms. The van der Waals surface area contributed by atoms with E-state index in [0.29, 0.717) is 21.4 Å². The van der Waals surface area contributed by atoms with Gasteiger partial charge in [0.15, 0.2) is 5.01 Å². The molecule has 0 aliphatic carbocycles. The quantitative estimate of drug-likeness (QED) is 0.700. The maximum absolute atomic E-state index is 13.2. The molecule has 1 aromatic carbocycles. The standard InChI is InChI=1S/C18H18FN5OS/c1-18(2,3)12-4-6-14(7-5-12)21-16(25)22-17-24-23-15(26-17)11-8-13(19)10-20-9-11/h4-10H,1-3H3,(H2,21,22,24,25). The van der Waals surface area contributed by atoms with Crippen LogP contribution in [0, 0.1) is 5.82 Å². The van der Waals surface area contributed by atoms with Crippen LogP contribution >= 0.6 is 11.3 Å². The van der Waals surface area contributed by atoms with Crippen molar-refractivity contribution in [3.8, 4) is 10.6 Å². The summed E-state index contributed by atoms with van der Waals surface area (Å²) in [7, 11) is 0. The molecule has 2 N–H and O–H groups in total. The van der Waals surface area contributed by atoms with Crippen LogP contribution < -0.4 is 10.6 Å². The summed E-state index contributed by atoms with van der Waals surface area (Å²) in [6, 6.07) is 8.56. The van der Waals surface area contributed by atoms with Gasteiger partial charge in [-0.05, 0) is 29.2 Å². The van der Waals surface area contributed by atoms with Gasteiger partial charge in [0.2, 0.25) is 5.13 Å². The number of rotatable bonds is 3. The van der Waals surface area contributed by atoms with E-state index in [1.165, 1.54) is 17.8 Å². The van der Waals surface area contributed by atoms with E-state index in [0.717, 1.165) is 17.5 Å². The van der Waals surface area contributed by atoms with Crippen LogP contribution in [-0.2, 0) is 5.41 Å². The van der Waals surface area contributed by atoms with Crippen LogP contribution in [0.2, 0.25) is 0 Å². The summed E-state index contributed by atoms with van der Waals surface area (Å²) in [6.45, 7) is 6.38. The van der Waals surface area contributed by atoms with E-state index >= 15 is 0 Å². The van der Waals surface area contributed by atoms with Crippen molar-refractivity contribution in [2.24, 2.45) is 0 Å². The molecular weight excluding hydrogens is 353 g/mol. The number of urea groups is 1. The number of amides is 2. The molecular formula is C18H18FN5OS. The van der Waals surface area contributed by atoms with Crippen LogP contribution in [0.3, 0.4) is 0 Å². The summed E-state index contributed by atoms with van der Waals surface area (Å²) in [5.74, 6) is -0.455. The second-order valence-electron chi connectivity index (χ2n) is 6.71. The Morgan fingerprint density at radius 1 is 1.08 bits per heavy atom. The average molecular weight is 371 g/mol. The normalized spacial score (nSPS) is 11.2. The van der Waals surface area contributed by atoms with Gasteiger partial charge in [-0.15, -0.1) is 10.2 Å². The molecule has 134 valence electrons. The number of hydrogen-bond donors (Lipinski definition) is 2. The summed E-state index contributed by atoms with van der Waals surface area (Å²) < 4.78 is 13.2. The molecule has 2 heterocycles. The summed E-state index contributed by atoms with van der Waals surface area (Å²) in [5.41, 5.74) is 2.42. The van der Waals surface area contributed by atoms with Crippen LogP contribution in [0.5, 0.6) is 0 Å². The Morgan fingerprint density at radius 2 is 1.81 bits per heavy atom. The van der Waals surface area contributed by atoms with Crippen molar-refractivity contribution in [3.63, 3.8) is 0 Å². The maximum atomic E-state index is 13.2. The van der Waals surface area contributed by atoms with Crippen LogP contribution in [0.1, 0.15) is 26.3 Å². The lowest BCUT2D eigenvalue weighted by Gasteiger charge is -2.19. The van der Waals surface area contributed by atoms with E-state index in [2.05, 4.69) is 46.6 Å². The van der Waals surface area contributed by atoms with Crippen molar-refractivity contribution in [3.05, 3.63) is 54.1 Å². The first-order valence-corrected chi connectivity index (χ1v) is 8.76. The highest BCUT2D eigenvalue weighted by molar-refractivity contribution is 7.18. The molecule has 0 saturated heterocycles. The van der Waals surface area contributed by atoms with E-state index in [-0.39, 0.29) is 5.41 Å². The third-order valence-corrected chi connectivity index (χ3v) is 4.49. The number of aromatic nitrogens is 3. The lowest BCUT2D eigenvalue weighted by atomic mass is 9.87. The van der Waals surface area contributed by atoms with Crippen LogP contribution in [0.15, 0.2) is 42.7 Å². The Morgan fingerprint density at radius 3 is 2.46 bits per heavy atom. The second-order valence-corrected chi connectivity index (χ2v) is 7.69.